The van der Waals surface area contributed by atoms with E-state index in [0.717, 1.165) is 19.3 Å². The van der Waals surface area contributed by atoms with E-state index in [1.807, 2.05) is 0 Å². The van der Waals surface area contributed by atoms with Gasteiger partial charge in [0.25, 0.3) is 0 Å². The van der Waals surface area contributed by atoms with E-state index in [0.29, 0.717) is 0 Å². The van der Waals surface area contributed by atoms with Crippen molar-refractivity contribution in [1.29, 1.82) is 0 Å². The minimum atomic E-state index is -1.18. The van der Waals surface area contributed by atoms with Gasteiger partial charge in [0, 0.05) is 5.92 Å². The Hall–Kier alpha value is -0.400. The molecule has 0 bridgehead atoms. The Kier molecular flexibility index (Phi) is 2.63. The molecule has 1 aliphatic carbocycles. The maximum Gasteiger partial charge on any atom is 0.169 e. The summed E-state index contributed by atoms with van der Waals surface area (Å²) >= 11 is 0. The first-order chi connectivity index (χ1) is 5.13. The zero-order valence-corrected chi connectivity index (χ0v) is 7.14. The van der Waals surface area contributed by atoms with E-state index in [-0.39, 0.29) is 17.6 Å². The zero-order chi connectivity index (χ0) is 8.43. The molecule has 0 heterocycles. The van der Waals surface area contributed by atoms with Crippen molar-refractivity contribution >= 4 is 5.78 Å². The molecule has 0 radical (unpaired) electrons. The Morgan fingerprint density at radius 2 is 2.00 bits per heavy atom. The van der Waals surface area contributed by atoms with Gasteiger partial charge in [-0.25, -0.2) is 4.39 Å². The van der Waals surface area contributed by atoms with Gasteiger partial charge < -0.3 is 0 Å². The van der Waals surface area contributed by atoms with Crippen LogP contribution in [-0.4, -0.2) is 12.0 Å². The molecule has 0 aliphatic heterocycles. The number of carbonyl (C=O) groups is 1. The van der Waals surface area contributed by atoms with Crippen molar-refractivity contribution in [3.05, 3.63) is 0 Å². The molecule has 0 spiro atoms. The number of Topliss-reactive ketones (excluding diaryl/α,β-unsaturated/α-hetero) is 1. The highest BCUT2D eigenvalue weighted by Crippen LogP contribution is 2.32. The number of halogens is 1. The number of rotatable bonds is 3. The lowest BCUT2D eigenvalue weighted by molar-refractivity contribution is -0.129. The van der Waals surface area contributed by atoms with Gasteiger partial charge in [0.05, 0.1) is 0 Å². The predicted octanol–water partition coefficient (Wildman–Crippen LogP) is 2.35. The molecular weight excluding hydrogens is 143 g/mol. The van der Waals surface area contributed by atoms with Crippen molar-refractivity contribution in [2.24, 2.45) is 11.8 Å². The molecule has 0 amide bonds. The van der Waals surface area contributed by atoms with Crippen molar-refractivity contribution in [2.75, 3.05) is 0 Å². The molecule has 1 aliphatic rings. The number of hydrogen-bond acceptors (Lipinski definition) is 1. The Balaban J connectivity index is 2.39. The third-order valence-corrected chi connectivity index (χ3v) is 2.40. The highest BCUT2D eigenvalue weighted by Gasteiger charge is 2.33. The molecule has 0 aromatic heterocycles. The van der Waals surface area contributed by atoms with Crippen LogP contribution < -0.4 is 0 Å². The molecular formula is C9H15FO. The summed E-state index contributed by atoms with van der Waals surface area (Å²) in [5.41, 5.74) is 0. The Morgan fingerprint density at radius 3 is 2.27 bits per heavy atom. The fourth-order valence-corrected chi connectivity index (χ4v) is 1.28. The molecule has 0 aromatic rings. The van der Waals surface area contributed by atoms with Gasteiger partial charge in [-0.2, -0.15) is 0 Å². The van der Waals surface area contributed by atoms with Crippen molar-refractivity contribution in [3.8, 4) is 0 Å². The fourth-order valence-electron chi connectivity index (χ4n) is 1.28. The van der Waals surface area contributed by atoms with E-state index in [4.69, 9.17) is 0 Å². The molecule has 1 saturated carbocycles. The first-order valence-corrected chi connectivity index (χ1v) is 4.30. The van der Waals surface area contributed by atoms with Gasteiger partial charge in [-0.15, -0.1) is 0 Å². The van der Waals surface area contributed by atoms with Gasteiger partial charge in [-0.3, -0.25) is 4.79 Å². The average molecular weight is 158 g/mol. The third-order valence-electron chi connectivity index (χ3n) is 2.40. The lowest BCUT2D eigenvalue weighted by Crippen LogP contribution is -2.32. The van der Waals surface area contributed by atoms with E-state index in [1.54, 1.807) is 13.8 Å². The molecule has 1 nitrogen and oxygen atoms in total. The van der Waals surface area contributed by atoms with Crippen LogP contribution in [0.25, 0.3) is 0 Å². The van der Waals surface area contributed by atoms with Crippen molar-refractivity contribution in [2.45, 2.75) is 39.3 Å². The molecule has 1 rings (SSSR count). The summed E-state index contributed by atoms with van der Waals surface area (Å²) < 4.78 is 13.1. The Morgan fingerprint density at radius 1 is 1.45 bits per heavy atom. The SMILES string of the molecule is CC(C)C(=O)C(F)C1CCC1. The largest absolute Gasteiger partial charge is 0.296 e. The van der Waals surface area contributed by atoms with Crippen molar-refractivity contribution < 1.29 is 9.18 Å². The number of hydrogen-bond donors (Lipinski definition) is 0. The molecule has 2 heteroatoms. The number of alkyl halides is 1. The minimum absolute atomic E-state index is 0.0462. The second-order valence-electron chi connectivity index (χ2n) is 3.65. The molecule has 1 unspecified atom stereocenters. The second-order valence-corrected chi connectivity index (χ2v) is 3.65. The van der Waals surface area contributed by atoms with Crippen LogP contribution in [0.5, 0.6) is 0 Å². The zero-order valence-electron chi connectivity index (χ0n) is 7.14. The van der Waals surface area contributed by atoms with Gasteiger partial charge in [-0.1, -0.05) is 20.3 Å². The van der Waals surface area contributed by atoms with Crippen LogP contribution in [0.3, 0.4) is 0 Å². The van der Waals surface area contributed by atoms with E-state index >= 15 is 0 Å². The van der Waals surface area contributed by atoms with Crippen LogP contribution in [0.4, 0.5) is 4.39 Å². The summed E-state index contributed by atoms with van der Waals surface area (Å²) in [6.45, 7) is 3.52. The number of carbonyl (C=O) groups excluding carboxylic acids is 1. The molecule has 1 atom stereocenters. The molecule has 0 saturated heterocycles. The lowest BCUT2D eigenvalue weighted by Gasteiger charge is -2.28. The predicted molar refractivity (Wildman–Crippen MR) is 42.1 cm³/mol. The van der Waals surface area contributed by atoms with E-state index in [9.17, 15) is 9.18 Å². The van der Waals surface area contributed by atoms with E-state index in [1.165, 1.54) is 0 Å². The average Bonchev–Trinajstić information content (AvgIpc) is 1.82. The molecule has 11 heavy (non-hydrogen) atoms. The standard InChI is InChI=1S/C9H15FO/c1-6(2)9(11)8(10)7-4-3-5-7/h6-8H,3-5H2,1-2H3. The summed E-state index contributed by atoms with van der Waals surface area (Å²) in [6, 6.07) is 0. The Bertz CT molecular complexity index is 150. The highest BCUT2D eigenvalue weighted by molar-refractivity contribution is 5.85. The van der Waals surface area contributed by atoms with Crippen LogP contribution in [0.1, 0.15) is 33.1 Å². The first kappa shape index (κ1) is 8.69. The third kappa shape index (κ3) is 1.79. The summed E-state index contributed by atoms with van der Waals surface area (Å²) in [5, 5.41) is 0. The summed E-state index contributed by atoms with van der Waals surface area (Å²) in [5.74, 6) is -0.315. The number of ketones is 1. The summed E-state index contributed by atoms with van der Waals surface area (Å²) in [7, 11) is 0. The topological polar surface area (TPSA) is 17.1 Å². The molecule has 0 N–H and O–H groups in total. The van der Waals surface area contributed by atoms with Crippen LogP contribution in [-0.2, 0) is 4.79 Å². The van der Waals surface area contributed by atoms with Crippen LogP contribution >= 0.6 is 0 Å². The lowest BCUT2D eigenvalue weighted by atomic mass is 9.79. The van der Waals surface area contributed by atoms with Gasteiger partial charge >= 0.3 is 0 Å². The van der Waals surface area contributed by atoms with E-state index in [2.05, 4.69) is 0 Å². The summed E-state index contributed by atoms with van der Waals surface area (Å²) in [6.07, 6.45) is 1.72. The maximum absolute atomic E-state index is 13.1. The molecule has 64 valence electrons. The van der Waals surface area contributed by atoms with Crippen molar-refractivity contribution in [1.82, 2.24) is 0 Å². The van der Waals surface area contributed by atoms with Gasteiger partial charge in [-0.05, 0) is 18.8 Å². The Labute approximate surface area is 67.0 Å². The normalized spacial score (nSPS) is 21.5. The van der Waals surface area contributed by atoms with Crippen LogP contribution in [0, 0.1) is 11.8 Å². The van der Waals surface area contributed by atoms with Gasteiger partial charge in [0.15, 0.2) is 12.0 Å². The van der Waals surface area contributed by atoms with Crippen LogP contribution in [0.15, 0.2) is 0 Å². The van der Waals surface area contributed by atoms with E-state index < -0.39 is 6.17 Å². The molecule has 0 aromatic carbocycles. The smallest absolute Gasteiger partial charge is 0.169 e. The quantitative estimate of drug-likeness (QED) is 0.616. The monoisotopic (exact) mass is 158 g/mol. The van der Waals surface area contributed by atoms with Crippen LogP contribution in [0.2, 0.25) is 0 Å². The fraction of sp³-hybridized carbons (Fsp3) is 0.889. The minimum Gasteiger partial charge on any atom is -0.296 e. The maximum atomic E-state index is 13.1. The van der Waals surface area contributed by atoms with Gasteiger partial charge in [0.1, 0.15) is 0 Å². The second kappa shape index (κ2) is 3.33. The molecule has 1 fully saturated rings. The highest BCUT2D eigenvalue weighted by atomic mass is 19.1. The summed E-state index contributed by atoms with van der Waals surface area (Å²) in [4.78, 5) is 11.1. The van der Waals surface area contributed by atoms with Gasteiger partial charge in [0.2, 0.25) is 0 Å². The first-order valence-electron chi connectivity index (χ1n) is 4.30. The van der Waals surface area contributed by atoms with Crippen molar-refractivity contribution in [3.63, 3.8) is 0 Å².